The Morgan fingerprint density at radius 3 is 2.59 bits per heavy atom. The predicted octanol–water partition coefficient (Wildman–Crippen LogP) is 3.87. The van der Waals surface area contributed by atoms with Crippen molar-refractivity contribution in [1.82, 2.24) is 19.8 Å². The van der Waals surface area contributed by atoms with Crippen LogP contribution in [0.4, 0.5) is 10.2 Å². The molecule has 32 heavy (non-hydrogen) atoms. The van der Waals surface area contributed by atoms with Gasteiger partial charge in [-0.25, -0.2) is 9.37 Å². The molecule has 3 aromatic rings. The highest BCUT2D eigenvalue weighted by molar-refractivity contribution is 5.95. The largest absolute Gasteiger partial charge is 0.384 e. The number of amides is 1. The Kier molecular flexibility index (Phi) is 6.46. The van der Waals surface area contributed by atoms with E-state index in [1.807, 2.05) is 32.2 Å². The van der Waals surface area contributed by atoms with Crippen molar-refractivity contribution in [3.05, 3.63) is 65.9 Å². The molecular formula is C25H28FN5O. The molecule has 0 spiro atoms. The highest BCUT2D eigenvalue weighted by Crippen LogP contribution is 2.35. The number of aryl methyl sites for hydroxylation is 1. The van der Waals surface area contributed by atoms with Gasteiger partial charge in [0.25, 0.3) is 5.91 Å². The Morgan fingerprint density at radius 1 is 1.06 bits per heavy atom. The summed E-state index contributed by atoms with van der Waals surface area (Å²) in [5.74, 6) is -0.330. The number of halogens is 1. The van der Waals surface area contributed by atoms with Crippen LogP contribution in [-0.2, 0) is 6.42 Å². The predicted molar refractivity (Wildman–Crippen MR) is 125 cm³/mol. The van der Waals surface area contributed by atoms with Crippen LogP contribution in [0.1, 0.15) is 29.4 Å². The smallest absolute Gasteiger partial charge is 0.256 e. The van der Waals surface area contributed by atoms with Gasteiger partial charge in [-0.3, -0.25) is 9.78 Å². The molecule has 2 N–H and O–H groups in total. The summed E-state index contributed by atoms with van der Waals surface area (Å²) >= 11 is 0. The minimum atomic E-state index is -0.513. The third-order valence-electron chi connectivity index (χ3n) is 5.96. The zero-order valence-corrected chi connectivity index (χ0v) is 18.5. The maximum absolute atomic E-state index is 15.2. The van der Waals surface area contributed by atoms with Gasteiger partial charge in [0, 0.05) is 48.8 Å². The number of pyridine rings is 2. The summed E-state index contributed by atoms with van der Waals surface area (Å²) in [6.07, 6.45) is 5.04. The molecule has 0 aliphatic carbocycles. The van der Waals surface area contributed by atoms with Crippen molar-refractivity contribution in [2.24, 2.45) is 0 Å². The fraction of sp³-hybridized carbons (Fsp3) is 0.320. The molecule has 4 rings (SSSR count). The van der Waals surface area contributed by atoms with E-state index in [-0.39, 0.29) is 11.5 Å². The molecule has 7 heteroatoms. The molecule has 1 aliphatic rings. The van der Waals surface area contributed by atoms with Gasteiger partial charge in [0.2, 0.25) is 0 Å². The Morgan fingerprint density at radius 2 is 1.88 bits per heavy atom. The summed E-state index contributed by atoms with van der Waals surface area (Å²) in [6.45, 7) is 5.01. The van der Waals surface area contributed by atoms with Crippen molar-refractivity contribution in [3.63, 3.8) is 0 Å². The van der Waals surface area contributed by atoms with Gasteiger partial charge in [-0.2, -0.15) is 0 Å². The number of benzene rings is 1. The maximum atomic E-state index is 15.2. The maximum Gasteiger partial charge on any atom is 0.256 e. The van der Waals surface area contributed by atoms with Gasteiger partial charge >= 0.3 is 0 Å². The molecule has 0 saturated carbocycles. The third-order valence-corrected chi connectivity index (χ3v) is 5.96. The Labute approximate surface area is 187 Å². The highest BCUT2D eigenvalue weighted by atomic mass is 19.1. The second kappa shape index (κ2) is 9.44. The van der Waals surface area contributed by atoms with E-state index in [1.54, 1.807) is 29.4 Å². The summed E-state index contributed by atoms with van der Waals surface area (Å²) in [4.78, 5) is 25.6. The Balaban J connectivity index is 1.70. The van der Waals surface area contributed by atoms with E-state index >= 15 is 4.39 Å². The molecule has 1 aromatic carbocycles. The van der Waals surface area contributed by atoms with Crippen LogP contribution in [0.5, 0.6) is 0 Å². The lowest BCUT2D eigenvalue weighted by Crippen LogP contribution is -2.35. The number of aromatic nitrogens is 2. The number of nitrogens with two attached hydrogens (primary N) is 1. The number of nitrogen functional groups attached to an aromatic ring is 1. The number of hydrogen-bond acceptors (Lipinski definition) is 5. The Hall–Kier alpha value is -3.32. The second-order valence-corrected chi connectivity index (χ2v) is 8.15. The topological polar surface area (TPSA) is 75.4 Å². The Bertz CT molecular complexity index is 1120. The lowest BCUT2D eigenvalue weighted by molar-refractivity contribution is 0.0758. The molecular weight excluding hydrogens is 405 g/mol. The normalized spacial score (nSPS) is 14.9. The van der Waals surface area contributed by atoms with Gasteiger partial charge in [0.15, 0.2) is 0 Å². The molecule has 1 amide bonds. The van der Waals surface area contributed by atoms with E-state index in [0.29, 0.717) is 24.5 Å². The zero-order chi connectivity index (χ0) is 22.7. The van der Waals surface area contributed by atoms with Crippen LogP contribution >= 0.6 is 0 Å². The van der Waals surface area contributed by atoms with Crippen molar-refractivity contribution >= 4 is 11.7 Å². The number of carbonyl (C=O) groups excluding carboxylic acids is 1. The first kappa shape index (κ1) is 21.9. The average Bonchev–Trinajstić information content (AvgIpc) is 3.03. The number of carbonyl (C=O) groups is 1. The minimum absolute atomic E-state index is 0.110. The van der Waals surface area contributed by atoms with Crippen LogP contribution in [0.3, 0.4) is 0 Å². The second-order valence-electron chi connectivity index (χ2n) is 8.15. The van der Waals surface area contributed by atoms with Crippen molar-refractivity contribution in [1.29, 1.82) is 0 Å². The molecule has 0 atom stereocenters. The van der Waals surface area contributed by atoms with Gasteiger partial charge in [-0.05, 0) is 67.9 Å². The summed E-state index contributed by atoms with van der Waals surface area (Å²) in [5.41, 5.74) is 10.1. The molecule has 166 valence electrons. The van der Waals surface area contributed by atoms with E-state index < -0.39 is 5.82 Å². The number of likely N-dealkylation sites (N-methyl/N-ethyl adjacent to an activating group) is 1. The summed E-state index contributed by atoms with van der Waals surface area (Å²) in [6, 6.07) is 10.4. The third kappa shape index (κ3) is 4.48. The molecule has 1 aliphatic heterocycles. The van der Waals surface area contributed by atoms with Gasteiger partial charge in [-0.15, -0.1) is 0 Å². The molecule has 0 bridgehead atoms. The number of rotatable bonds is 4. The van der Waals surface area contributed by atoms with Crippen molar-refractivity contribution < 1.29 is 9.18 Å². The molecule has 0 radical (unpaired) electrons. The van der Waals surface area contributed by atoms with Gasteiger partial charge in [0.1, 0.15) is 11.6 Å². The van der Waals surface area contributed by atoms with Crippen LogP contribution < -0.4 is 5.73 Å². The van der Waals surface area contributed by atoms with E-state index in [2.05, 4.69) is 14.9 Å². The van der Waals surface area contributed by atoms with Crippen LogP contribution in [0.2, 0.25) is 0 Å². The van der Waals surface area contributed by atoms with Gasteiger partial charge < -0.3 is 15.5 Å². The number of hydrogen-bond donors (Lipinski definition) is 1. The van der Waals surface area contributed by atoms with E-state index in [1.165, 1.54) is 6.07 Å². The first-order valence-electron chi connectivity index (χ1n) is 11.0. The first-order valence-corrected chi connectivity index (χ1v) is 11.0. The van der Waals surface area contributed by atoms with Crippen molar-refractivity contribution in [2.45, 2.75) is 19.8 Å². The zero-order valence-electron chi connectivity index (χ0n) is 18.5. The lowest BCUT2D eigenvalue weighted by atomic mass is 9.93. The van der Waals surface area contributed by atoms with Gasteiger partial charge in [-0.1, -0.05) is 13.0 Å². The van der Waals surface area contributed by atoms with Crippen molar-refractivity contribution in [3.8, 4) is 22.3 Å². The summed E-state index contributed by atoms with van der Waals surface area (Å²) in [5, 5.41) is 0. The molecule has 0 unspecified atom stereocenters. The molecule has 6 nitrogen and oxygen atoms in total. The van der Waals surface area contributed by atoms with Gasteiger partial charge in [0.05, 0.1) is 5.56 Å². The van der Waals surface area contributed by atoms with Crippen LogP contribution in [-0.4, -0.2) is 58.9 Å². The van der Waals surface area contributed by atoms with Crippen LogP contribution in [0.25, 0.3) is 22.3 Å². The summed E-state index contributed by atoms with van der Waals surface area (Å²) < 4.78 is 15.2. The molecule has 3 heterocycles. The molecule has 1 saturated heterocycles. The number of nitrogens with zero attached hydrogens (tertiary/aromatic N) is 4. The SMILES string of the molecule is CCc1nccc(-c2ccc(C(=O)N3CCCN(C)CC3)c(F)c2)c1-c1ccc(N)nc1. The fourth-order valence-corrected chi connectivity index (χ4v) is 4.17. The first-order chi connectivity index (χ1) is 15.5. The quantitative estimate of drug-likeness (QED) is 0.676. The van der Waals surface area contributed by atoms with E-state index in [4.69, 9.17) is 5.73 Å². The summed E-state index contributed by atoms with van der Waals surface area (Å²) in [7, 11) is 2.04. The lowest BCUT2D eigenvalue weighted by Gasteiger charge is -2.21. The minimum Gasteiger partial charge on any atom is -0.384 e. The highest BCUT2D eigenvalue weighted by Gasteiger charge is 2.22. The van der Waals surface area contributed by atoms with Crippen LogP contribution in [0, 0.1) is 5.82 Å². The van der Waals surface area contributed by atoms with E-state index in [0.717, 1.165) is 48.3 Å². The monoisotopic (exact) mass is 433 g/mol. The van der Waals surface area contributed by atoms with Crippen molar-refractivity contribution in [2.75, 3.05) is 39.0 Å². The number of anilines is 1. The molecule has 1 fully saturated rings. The standard InChI is InChI=1S/C25H28FN5O/c1-3-22-24(18-6-8-23(27)29-16-18)19(9-10-28-22)17-5-7-20(21(26)15-17)25(32)31-12-4-11-30(2)13-14-31/h5-10,15-16H,3-4,11-14H2,1-2H3,(H2,27,29). The fourth-order valence-electron chi connectivity index (χ4n) is 4.17. The molecule has 2 aromatic heterocycles. The average molecular weight is 434 g/mol. The van der Waals surface area contributed by atoms with E-state index in [9.17, 15) is 4.79 Å². The van der Waals surface area contributed by atoms with Crippen LogP contribution in [0.15, 0.2) is 48.8 Å².